The SMILES string of the molecule is CC1CCC2CCC(C)OC2(N(C)c2ccccc2)O1. The Hall–Kier alpha value is -1.06. The van der Waals surface area contributed by atoms with E-state index in [0.717, 1.165) is 18.5 Å². The molecule has 2 aliphatic heterocycles. The molecule has 1 aromatic carbocycles. The van der Waals surface area contributed by atoms with Gasteiger partial charge in [0.05, 0.1) is 12.2 Å². The van der Waals surface area contributed by atoms with Crippen LogP contribution >= 0.6 is 0 Å². The molecular weight excluding hydrogens is 250 g/mol. The molecule has 2 aliphatic rings. The lowest BCUT2D eigenvalue weighted by Crippen LogP contribution is -2.63. The third kappa shape index (κ3) is 2.33. The monoisotopic (exact) mass is 275 g/mol. The molecule has 0 radical (unpaired) electrons. The first-order valence-corrected chi connectivity index (χ1v) is 7.76. The Morgan fingerprint density at radius 3 is 2.05 bits per heavy atom. The molecule has 2 unspecified atom stereocenters. The molecule has 0 amide bonds. The highest BCUT2D eigenvalue weighted by atomic mass is 16.7. The van der Waals surface area contributed by atoms with Crippen LogP contribution in [0.1, 0.15) is 39.5 Å². The van der Waals surface area contributed by atoms with E-state index in [9.17, 15) is 0 Å². The molecule has 110 valence electrons. The van der Waals surface area contributed by atoms with E-state index in [4.69, 9.17) is 9.47 Å². The Kier molecular flexibility index (Phi) is 3.74. The number of hydrogen-bond donors (Lipinski definition) is 0. The van der Waals surface area contributed by atoms with Gasteiger partial charge in [-0.25, -0.2) is 0 Å². The van der Waals surface area contributed by atoms with Crippen molar-refractivity contribution in [2.24, 2.45) is 5.92 Å². The van der Waals surface area contributed by atoms with Gasteiger partial charge in [0.2, 0.25) is 0 Å². The molecule has 2 heterocycles. The van der Waals surface area contributed by atoms with E-state index in [-0.39, 0.29) is 12.2 Å². The van der Waals surface area contributed by atoms with Crippen LogP contribution in [-0.4, -0.2) is 25.2 Å². The smallest absolute Gasteiger partial charge is 0.254 e. The molecular formula is C17H25NO2. The van der Waals surface area contributed by atoms with Crippen LogP contribution in [0.15, 0.2) is 30.3 Å². The van der Waals surface area contributed by atoms with Crippen molar-refractivity contribution >= 4 is 5.69 Å². The topological polar surface area (TPSA) is 21.7 Å². The second kappa shape index (κ2) is 5.38. The molecule has 1 aromatic rings. The zero-order valence-electron chi connectivity index (χ0n) is 12.7. The summed E-state index contributed by atoms with van der Waals surface area (Å²) in [6.45, 7) is 4.30. The maximum Gasteiger partial charge on any atom is 0.254 e. The molecule has 20 heavy (non-hydrogen) atoms. The van der Waals surface area contributed by atoms with Crippen molar-refractivity contribution in [3.8, 4) is 0 Å². The number of hydrogen-bond acceptors (Lipinski definition) is 3. The summed E-state index contributed by atoms with van der Waals surface area (Å²) in [4.78, 5) is 2.20. The first-order valence-electron chi connectivity index (χ1n) is 7.76. The largest absolute Gasteiger partial charge is 0.329 e. The fourth-order valence-corrected chi connectivity index (χ4v) is 3.56. The molecule has 0 spiro atoms. The van der Waals surface area contributed by atoms with Gasteiger partial charge in [-0.15, -0.1) is 0 Å². The van der Waals surface area contributed by atoms with E-state index < -0.39 is 5.91 Å². The number of nitrogens with zero attached hydrogens (tertiary/aromatic N) is 1. The minimum atomic E-state index is -0.587. The second-order valence-corrected chi connectivity index (χ2v) is 6.23. The fraction of sp³-hybridized carbons (Fsp3) is 0.647. The first kappa shape index (κ1) is 13.9. The molecule has 3 heteroatoms. The molecule has 0 bridgehead atoms. The molecule has 0 N–H and O–H groups in total. The second-order valence-electron chi connectivity index (χ2n) is 6.23. The van der Waals surface area contributed by atoms with E-state index in [2.05, 4.69) is 50.1 Å². The molecule has 0 aromatic heterocycles. The quantitative estimate of drug-likeness (QED) is 0.819. The Bertz CT molecular complexity index is 432. The predicted octanol–water partition coefficient (Wildman–Crippen LogP) is 3.79. The average molecular weight is 275 g/mol. The maximum absolute atomic E-state index is 6.37. The van der Waals surface area contributed by atoms with Crippen LogP contribution in [0.3, 0.4) is 0 Å². The van der Waals surface area contributed by atoms with Crippen molar-refractivity contribution in [1.29, 1.82) is 0 Å². The standard InChI is InChI=1S/C17H25NO2/c1-13-9-11-15-12-10-14(2)20-17(15,19-13)18(3)16-7-5-4-6-8-16/h4-8,13-15H,9-12H2,1-3H3. The van der Waals surface area contributed by atoms with Crippen LogP contribution in [0.5, 0.6) is 0 Å². The highest BCUT2D eigenvalue weighted by molar-refractivity contribution is 5.47. The van der Waals surface area contributed by atoms with Gasteiger partial charge >= 0.3 is 0 Å². The van der Waals surface area contributed by atoms with Gasteiger partial charge in [-0.05, 0) is 51.7 Å². The van der Waals surface area contributed by atoms with Crippen molar-refractivity contribution in [3.63, 3.8) is 0 Å². The van der Waals surface area contributed by atoms with Gasteiger partial charge in [0.1, 0.15) is 0 Å². The lowest BCUT2D eigenvalue weighted by atomic mass is 9.85. The Labute approximate surface area is 121 Å². The summed E-state index contributed by atoms with van der Waals surface area (Å²) < 4.78 is 12.7. The number of para-hydroxylation sites is 1. The van der Waals surface area contributed by atoms with Crippen molar-refractivity contribution in [2.45, 2.75) is 57.6 Å². The number of fused-ring (bicyclic) bond motifs is 1. The van der Waals surface area contributed by atoms with Gasteiger partial charge in [0.25, 0.3) is 5.91 Å². The van der Waals surface area contributed by atoms with Gasteiger partial charge in [-0.2, -0.15) is 0 Å². The lowest BCUT2D eigenvalue weighted by molar-refractivity contribution is -0.333. The van der Waals surface area contributed by atoms with E-state index in [0.29, 0.717) is 5.92 Å². The van der Waals surface area contributed by atoms with Crippen LogP contribution in [0.4, 0.5) is 5.69 Å². The summed E-state index contributed by atoms with van der Waals surface area (Å²) in [6, 6.07) is 10.4. The summed E-state index contributed by atoms with van der Waals surface area (Å²) in [5.41, 5.74) is 1.15. The molecule has 3 rings (SSSR count). The number of benzene rings is 1. The van der Waals surface area contributed by atoms with Crippen molar-refractivity contribution in [3.05, 3.63) is 30.3 Å². The van der Waals surface area contributed by atoms with E-state index in [1.54, 1.807) is 0 Å². The van der Waals surface area contributed by atoms with Crippen molar-refractivity contribution in [2.75, 3.05) is 11.9 Å². The molecule has 2 atom stereocenters. The zero-order chi connectivity index (χ0) is 14.2. The first-order chi connectivity index (χ1) is 9.62. The van der Waals surface area contributed by atoms with Crippen LogP contribution < -0.4 is 4.90 Å². The van der Waals surface area contributed by atoms with Crippen LogP contribution in [0, 0.1) is 5.92 Å². The van der Waals surface area contributed by atoms with Gasteiger partial charge in [0, 0.05) is 18.7 Å². The predicted molar refractivity (Wildman–Crippen MR) is 80.6 cm³/mol. The minimum absolute atomic E-state index is 0.253. The molecule has 0 aliphatic carbocycles. The molecule has 2 saturated heterocycles. The molecule has 2 fully saturated rings. The van der Waals surface area contributed by atoms with Crippen molar-refractivity contribution < 1.29 is 9.47 Å². The molecule has 3 nitrogen and oxygen atoms in total. The van der Waals surface area contributed by atoms with E-state index in [1.807, 2.05) is 6.07 Å². The Morgan fingerprint density at radius 2 is 1.50 bits per heavy atom. The Morgan fingerprint density at radius 1 is 0.950 bits per heavy atom. The zero-order valence-corrected chi connectivity index (χ0v) is 12.7. The van der Waals surface area contributed by atoms with Crippen LogP contribution in [0.25, 0.3) is 0 Å². The van der Waals surface area contributed by atoms with Crippen molar-refractivity contribution in [1.82, 2.24) is 0 Å². The number of anilines is 1. The summed E-state index contributed by atoms with van der Waals surface area (Å²) in [5, 5.41) is 0. The van der Waals surface area contributed by atoms with Crippen LogP contribution in [0.2, 0.25) is 0 Å². The fourth-order valence-electron chi connectivity index (χ4n) is 3.56. The third-order valence-corrected chi connectivity index (χ3v) is 4.71. The number of ether oxygens (including phenoxy) is 2. The highest BCUT2D eigenvalue weighted by Gasteiger charge is 2.52. The Balaban J connectivity index is 1.95. The molecule has 0 saturated carbocycles. The van der Waals surface area contributed by atoms with E-state index >= 15 is 0 Å². The summed E-state index contributed by atoms with van der Waals surface area (Å²) in [7, 11) is 2.10. The van der Waals surface area contributed by atoms with Gasteiger partial charge in [-0.3, -0.25) is 0 Å². The lowest BCUT2D eigenvalue weighted by Gasteiger charge is -2.54. The summed E-state index contributed by atoms with van der Waals surface area (Å²) in [5.74, 6) is -0.128. The van der Waals surface area contributed by atoms with Crippen LogP contribution in [-0.2, 0) is 9.47 Å². The van der Waals surface area contributed by atoms with Gasteiger partial charge in [-0.1, -0.05) is 18.2 Å². The van der Waals surface area contributed by atoms with Gasteiger partial charge in [0.15, 0.2) is 0 Å². The summed E-state index contributed by atoms with van der Waals surface area (Å²) >= 11 is 0. The van der Waals surface area contributed by atoms with E-state index in [1.165, 1.54) is 12.8 Å². The normalized spacial score (nSPS) is 37.2. The maximum atomic E-state index is 6.37. The average Bonchev–Trinajstić information content (AvgIpc) is 2.46. The number of rotatable bonds is 2. The van der Waals surface area contributed by atoms with Gasteiger partial charge < -0.3 is 14.4 Å². The summed E-state index contributed by atoms with van der Waals surface area (Å²) in [6.07, 6.45) is 5.14. The minimum Gasteiger partial charge on any atom is -0.329 e. The third-order valence-electron chi connectivity index (χ3n) is 4.71. The highest BCUT2D eigenvalue weighted by Crippen LogP contribution is 2.45.